The number of H-pyrrole nitrogens is 1. The number of imidazole rings is 1. The molecule has 1 heterocycles. The number of hydrogen-bond donors (Lipinski definition) is 1. The van der Waals surface area contributed by atoms with Crippen LogP contribution in [-0.2, 0) is 5.88 Å². The fourth-order valence-electron chi connectivity index (χ4n) is 2.00. The average Bonchev–Trinajstić information content (AvgIpc) is 2.90. The molecule has 0 spiro atoms. The normalized spacial score (nSPS) is 10.8. The monoisotopic (exact) mass is 272 g/mol. The molecule has 3 aromatic rings. The molecule has 0 bridgehead atoms. The Hall–Kier alpha value is -2.00. The SMILES string of the molecule is COc1ccc2nc(-c3ccc(CCl)cc3)[nH]c2c1. The summed E-state index contributed by atoms with van der Waals surface area (Å²) in [7, 11) is 1.66. The lowest BCUT2D eigenvalue weighted by Crippen LogP contribution is -1.82. The summed E-state index contributed by atoms with van der Waals surface area (Å²) in [5.74, 6) is 2.20. The number of fused-ring (bicyclic) bond motifs is 1. The van der Waals surface area contributed by atoms with Crippen LogP contribution in [0.25, 0.3) is 22.4 Å². The third-order valence-corrected chi connectivity index (χ3v) is 3.38. The van der Waals surface area contributed by atoms with Crippen LogP contribution in [0.3, 0.4) is 0 Å². The number of aromatic nitrogens is 2. The lowest BCUT2D eigenvalue weighted by atomic mass is 10.1. The van der Waals surface area contributed by atoms with Crippen molar-refractivity contribution in [3.63, 3.8) is 0 Å². The molecule has 3 nitrogen and oxygen atoms in total. The van der Waals surface area contributed by atoms with Crippen LogP contribution in [0.15, 0.2) is 42.5 Å². The average molecular weight is 273 g/mol. The van der Waals surface area contributed by atoms with Crippen molar-refractivity contribution >= 4 is 22.6 Å². The quantitative estimate of drug-likeness (QED) is 0.733. The molecular formula is C15H13ClN2O. The van der Waals surface area contributed by atoms with E-state index in [9.17, 15) is 0 Å². The predicted octanol–water partition coefficient (Wildman–Crippen LogP) is 3.98. The zero-order chi connectivity index (χ0) is 13.2. The number of nitrogens with one attached hydrogen (secondary N) is 1. The van der Waals surface area contributed by atoms with Gasteiger partial charge in [-0.05, 0) is 17.7 Å². The van der Waals surface area contributed by atoms with E-state index in [2.05, 4.69) is 9.97 Å². The van der Waals surface area contributed by atoms with E-state index in [0.717, 1.165) is 33.7 Å². The number of nitrogens with zero attached hydrogens (tertiary/aromatic N) is 1. The van der Waals surface area contributed by atoms with Gasteiger partial charge in [0.25, 0.3) is 0 Å². The Morgan fingerprint density at radius 1 is 1.16 bits per heavy atom. The number of hydrogen-bond acceptors (Lipinski definition) is 2. The number of methoxy groups -OCH3 is 1. The Balaban J connectivity index is 2.04. The molecule has 0 saturated carbocycles. The summed E-state index contributed by atoms with van der Waals surface area (Å²) < 4.78 is 5.21. The molecule has 1 aromatic heterocycles. The molecule has 1 N–H and O–H groups in total. The Labute approximate surface area is 116 Å². The van der Waals surface area contributed by atoms with Gasteiger partial charge in [0.2, 0.25) is 0 Å². The number of ether oxygens (including phenoxy) is 1. The van der Waals surface area contributed by atoms with E-state index in [0.29, 0.717) is 5.88 Å². The first-order valence-corrected chi connectivity index (χ1v) is 6.52. The molecule has 3 rings (SSSR count). The third-order valence-electron chi connectivity index (χ3n) is 3.07. The first-order valence-electron chi connectivity index (χ1n) is 5.99. The maximum absolute atomic E-state index is 5.79. The Kier molecular flexibility index (Phi) is 3.13. The van der Waals surface area contributed by atoms with Gasteiger partial charge in [-0.1, -0.05) is 24.3 Å². The first kappa shape index (κ1) is 12.1. The smallest absolute Gasteiger partial charge is 0.138 e. The van der Waals surface area contributed by atoms with Crippen molar-refractivity contribution in [3.05, 3.63) is 48.0 Å². The topological polar surface area (TPSA) is 37.9 Å². The van der Waals surface area contributed by atoms with Gasteiger partial charge in [0.05, 0.1) is 18.1 Å². The van der Waals surface area contributed by atoms with Crippen LogP contribution in [0.5, 0.6) is 5.75 Å². The van der Waals surface area contributed by atoms with Crippen LogP contribution >= 0.6 is 11.6 Å². The van der Waals surface area contributed by atoms with Crippen LogP contribution in [0.2, 0.25) is 0 Å². The van der Waals surface area contributed by atoms with Crippen molar-refractivity contribution in [2.24, 2.45) is 0 Å². The van der Waals surface area contributed by atoms with Crippen molar-refractivity contribution < 1.29 is 4.74 Å². The highest BCUT2D eigenvalue weighted by Gasteiger charge is 2.06. The molecule has 0 aliphatic carbocycles. The van der Waals surface area contributed by atoms with Gasteiger partial charge in [-0.3, -0.25) is 0 Å². The third kappa shape index (κ3) is 2.29. The van der Waals surface area contributed by atoms with Gasteiger partial charge in [0.1, 0.15) is 11.6 Å². The zero-order valence-corrected chi connectivity index (χ0v) is 11.2. The van der Waals surface area contributed by atoms with Gasteiger partial charge in [-0.2, -0.15) is 0 Å². The van der Waals surface area contributed by atoms with E-state index in [1.807, 2.05) is 42.5 Å². The van der Waals surface area contributed by atoms with Crippen molar-refractivity contribution in [2.45, 2.75) is 5.88 Å². The lowest BCUT2D eigenvalue weighted by Gasteiger charge is -1.98. The minimum atomic E-state index is 0.525. The molecule has 0 unspecified atom stereocenters. The minimum absolute atomic E-state index is 0.525. The van der Waals surface area contributed by atoms with Crippen molar-refractivity contribution in [2.75, 3.05) is 7.11 Å². The molecular weight excluding hydrogens is 260 g/mol. The van der Waals surface area contributed by atoms with Crippen molar-refractivity contribution in [1.82, 2.24) is 9.97 Å². The minimum Gasteiger partial charge on any atom is -0.497 e. The molecule has 0 aliphatic rings. The highest BCUT2D eigenvalue weighted by atomic mass is 35.5. The van der Waals surface area contributed by atoms with Gasteiger partial charge in [-0.25, -0.2) is 4.98 Å². The van der Waals surface area contributed by atoms with Gasteiger partial charge in [0, 0.05) is 17.5 Å². The summed E-state index contributed by atoms with van der Waals surface area (Å²) in [5, 5.41) is 0. The first-order chi connectivity index (χ1) is 9.30. The summed E-state index contributed by atoms with van der Waals surface area (Å²) in [6.45, 7) is 0. The van der Waals surface area contributed by atoms with Crippen LogP contribution < -0.4 is 4.74 Å². The van der Waals surface area contributed by atoms with Gasteiger partial charge in [0.15, 0.2) is 0 Å². The lowest BCUT2D eigenvalue weighted by molar-refractivity contribution is 0.415. The fraction of sp³-hybridized carbons (Fsp3) is 0.133. The molecule has 0 radical (unpaired) electrons. The van der Waals surface area contributed by atoms with Gasteiger partial charge < -0.3 is 9.72 Å². The second-order valence-corrected chi connectivity index (χ2v) is 4.57. The van der Waals surface area contributed by atoms with E-state index >= 15 is 0 Å². The number of benzene rings is 2. The maximum atomic E-state index is 5.79. The Morgan fingerprint density at radius 2 is 1.95 bits per heavy atom. The summed E-state index contributed by atoms with van der Waals surface area (Å²) in [4.78, 5) is 7.87. The van der Waals surface area contributed by atoms with E-state index < -0.39 is 0 Å². The van der Waals surface area contributed by atoms with Crippen molar-refractivity contribution in [1.29, 1.82) is 0 Å². The molecule has 0 fully saturated rings. The summed E-state index contributed by atoms with van der Waals surface area (Å²) in [6.07, 6.45) is 0. The van der Waals surface area contributed by atoms with Crippen LogP contribution in [-0.4, -0.2) is 17.1 Å². The Bertz CT molecular complexity index is 704. The molecule has 0 amide bonds. The fourth-order valence-corrected chi connectivity index (χ4v) is 2.18. The maximum Gasteiger partial charge on any atom is 0.138 e. The van der Waals surface area contributed by atoms with Crippen LogP contribution in [0.1, 0.15) is 5.56 Å². The van der Waals surface area contributed by atoms with Crippen LogP contribution in [0.4, 0.5) is 0 Å². The molecule has 96 valence electrons. The molecule has 0 atom stereocenters. The summed E-state index contributed by atoms with van der Waals surface area (Å²) in [5.41, 5.74) is 4.04. The predicted molar refractivity (Wildman–Crippen MR) is 77.6 cm³/mol. The number of halogens is 1. The van der Waals surface area contributed by atoms with Gasteiger partial charge in [-0.15, -0.1) is 11.6 Å². The molecule has 0 saturated heterocycles. The van der Waals surface area contributed by atoms with Gasteiger partial charge >= 0.3 is 0 Å². The van der Waals surface area contributed by atoms with E-state index in [-0.39, 0.29) is 0 Å². The highest BCUT2D eigenvalue weighted by molar-refractivity contribution is 6.17. The summed E-state index contributed by atoms with van der Waals surface area (Å²) >= 11 is 5.79. The number of aromatic amines is 1. The largest absolute Gasteiger partial charge is 0.497 e. The van der Waals surface area contributed by atoms with Crippen LogP contribution in [0, 0.1) is 0 Å². The van der Waals surface area contributed by atoms with Crippen molar-refractivity contribution in [3.8, 4) is 17.1 Å². The van der Waals surface area contributed by atoms with E-state index in [1.165, 1.54) is 0 Å². The highest BCUT2D eigenvalue weighted by Crippen LogP contribution is 2.24. The molecule has 0 aliphatic heterocycles. The summed E-state index contributed by atoms with van der Waals surface area (Å²) in [6, 6.07) is 13.9. The number of alkyl halides is 1. The Morgan fingerprint density at radius 3 is 2.63 bits per heavy atom. The molecule has 19 heavy (non-hydrogen) atoms. The van der Waals surface area contributed by atoms with E-state index in [4.69, 9.17) is 16.3 Å². The number of rotatable bonds is 3. The second kappa shape index (κ2) is 4.94. The second-order valence-electron chi connectivity index (χ2n) is 4.30. The standard InChI is InChI=1S/C15H13ClN2O/c1-19-12-6-7-13-14(8-12)18-15(17-13)11-4-2-10(9-16)3-5-11/h2-8H,9H2,1H3,(H,17,18). The molecule has 4 heteroatoms. The zero-order valence-electron chi connectivity index (χ0n) is 10.5. The van der Waals surface area contributed by atoms with E-state index in [1.54, 1.807) is 7.11 Å². The molecule has 2 aromatic carbocycles.